The number of ether oxygens (including phenoxy) is 1. The molecule has 1 saturated heterocycles. The largest absolute Gasteiger partial charge is 0.444 e. The molecule has 1 aliphatic rings. The molecule has 0 bridgehead atoms. The molecule has 1 rings (SSSR count). The minimum atomic E-state index is -0.617. The highest BCUT2D eigenvalue weighted by Crippen LogP contribution is 2.11. The van der Waals surface area contributed by atoms with E-state index in [2.05, 4.69) is 10.6 Å². The van der Waals surface area contributed by atoms with Crippen molar-refractivity contribution < 1.29 is 23.9 Å². The first-order chi connectivity index (χ1) is 11.6. The summed E-state index contributed by atoms with van der Waals surface area (Å²) >= 11 is 0. The third kappa shape index (κ3) is 9.07. The van der Waals surface area contributed by atoms with E-state index in [9.17, 15) is 19.2 Å². The normalized spacial score (nSPS) is 15.4. The number of nitrogens with one attached hydrogen (secondary N) is 2. The lowest BCUT2D eigenvalue weighted by molar-refractivity contribution is -0.131. The van der Waals surface area contributed by atoms with Crippen LogP contribution >= 0.6 is 0 Å². The summed E-state index contributed by atoms with van der Waals surface area (Å²) in [5, 5.41) is 5.34. The van der Waals surface area contributed by atoms with Crippen molar-refractivity contribution >= 4 is 23.7 Å². The van der Waals surface area contributed by atoms with Crippen molar-refractivity contribution in [3.05, 3.63) is 0 Å². The Kier molecular flexibility index (Phi) is 7.86. The molecule has 0 aromatic carbocycles. The quantitative estimate of drug-likeness (QED) is 0.739. The van der Waals surface area contributed by atoms with Gasteiger partial charge in [0.05, 0.1) is 0 Å². The second-order valence-electron chi connectivity index (χ2n) is 7.28. The lowest BCUT2D eigenvalue weighted by Crippen LogP contribution is -2.49. The standard InChI is InChI=1S/C17H29N3O5/c1-12(21)5-6-14(22)19-13-7-9-20(10-8-13)15(23)11-18-16(24)25-17(2,3)4/h13H,5-11H2,1-4H3,(H,18,24)(H,19,22). The first kappa shape index (κ1) is 20.9. The number of nitrogens with zero attached hydrogens (tertiary/aromatic N) is 1. The molecule has 142 valence electrons. The molecule has 0 aromatic rings. The van der Waals surface area contributed by atoms with Crippen molar-refractivity contribution in [1.82, 2.24) is 15.5 Å². The van der Waals surface area contributed by atoms with E-state index in [1.54, 1.807) is 25.7 Å². The molecule has 8 heteroatoms. The van der Waals surface area contributed by atoms with Gasteiger partial charge in [0.1, 0.15) is 17.9 Å². The molecule has 1 fully saturated rings. The lowest BCUT2D eigenvalue weighted by atomic mass is 10.0. The number of hydrogen-bond acceptors (Lipinski definition) is 5. The SMILES string of the molecule is CC(=O)CCC(=O)NC1CCN(C(=O)CNC(=O)OC(C)(C)C)CC1. The van der Waals surface area contributed by atoms with E-state index >= 15 is 0 Å². The van der Waals surface area contributed by atoms with Crippen LogP contribution < -0.4 is 10.6 Å². The second kappa shape index (κ2) is 9.39. The van der Waals surface area contributed by atoms with Gasteiger partial charge in [-0.05, 0) is 40.5 Å². The average Bonchev–Trinajstić information content (AvgIpc) is 2.49. The summed E-state index contributed by atoms with van der Waals surface area (Å²) in [4.78, 5) is 47.9. The van der Waals surface area contributed by atoms with Gasteiger partial charge < -0.3 is 25.1 Å². The molecule has 0 spiro atoms. The highest BCUT2D eigenvalue weighted by molar-refractivity contribution is 5.84. The van der Waals surface area contributed by atoms with Crippen molar-refractivity contribution in [2.75, 3.05) is 19.6 Å². The molecule has 0 atom stereocenters. The van der Waals surface area contributed by atoms with E-state index < -0.39 is 11.7 Å². The summed E-state index contributed by atoms with van der Waals surface area (Å²) in [6.07, 6.45) is 1.15. The first-order valence-electron chi connectivity index (χ1n) is 8.60. The van der Waals surface area contributed by atoms with E-state index in [1.807, 2.05) is 0 Å². The van der Waals surface area contributed by atoms with E-state index in [4.69, 9.17) is 4.74 Å². The zero-order valence-electron chi connectivity index (χ0n) is 15.5. The Bertz CT molecular complexity index is 505. The van der Waals surface area contributed by atoms with Crippen molar-refractivity contribution in [2.24, 2.45) is 0 Å². The molecule has 1 heterocycles. The number of hydrogen-bond donors (Lipinski definition) is 2. The highest BCUT2D eigenvalue weighted by atomic mass is 16.6. The van der Waals surface area contributed by atoms with Crippen molar-refractivity contribution in [3.63, 3.8) is 0 Å². The van der Waals surface area contributed by atoms with Gasteiger partial charge in [0.25, 0.3) is 0 Å². The minimum absolute atomic E-state index is 0.00643. The van der Waals surface area contributed by atoms with Crippen LogP contribution in [-0.2, 0) is 19.1 Å². The Labute approximate surface area is 148 Å². The third-order valence-electron chi connectivity index (χ3n) is 3.70. The van der Waals surface area contributed by atoms with E-state index in [1.165, 1.54) is 6.92 Å². The Morgan fingerprint density at radius 1 is 1.08 bits per heavy atom. The second-order valence-corrected chi connectivity index (χ2v) is 7.28. The molecule has 2 N–H and O–H groups in total. The van der Waals surface area contributed by atoms with Crippen LogP contribution in [0.2, 0.25) is 0 Å². The first-order valence-corrected chi connectivity index (χ1v) is 8.60. The van der Waals surface area contributed by atoms with Crippen molar-refractivity contribution in [3.8, 4) is 0 Å². The summed E-state index contributed by atoms with van der Waals surface area (Å²) in [6.45, 7) is 7.66. The fourth-order valence-corrected chi connectivity index (χ4v) is 2.44. The maximum atomic E-state index is 12.1. The maximum absolute atomic E-state index is 12.1. The Hall–Kier alpha value is -2.12. The topological polar surface area (TPSA) is 105 Å². The molecule has 3 amide bonds. The fourth-order valence-electron chi connectivity index (χ4n) is 2.44. The third-order valence-corrected chi connectivity index (χ3v) is 3.70. The summed E-state index contributed by atoms with van der Waals surface area (Å²) < 4.78 is 5.08. The van der Waals surface area contributed by atoms with Crippen LogP contribution in [0.4, 0.5) is 4.79 Å². The molecular weight excluding hydrogens is 326 g/mol. The monoisotopic (exact) mass is 355 g/mol. The number of carbonyl (C=O) groups is 4. The van der Waals surface area contributed by atoms with Crippen LogP contribution in [0.15, 0.2) is 0 Å². The molecule has 25 heavy (non-hydrogen) atoms. The average molecular weight is 355 g/mol. The number of rotatable bonds is 6. The molecule has 0 aliphatic carbocycles. The molecule has 0 unspecified atom stereocenters. The van der Waals surface area contributed by atoms with Gasteiger partial charge in [-0.3, -0.25) is 9.59 Å². The number of likely N-dealkylation sites (tertiary alicyclic amines) is 1. The van der Waals surface area contributed by atoms with E-state index in [0.717, 1.165) is 0 Å². The summed E-state index contributed by atoms with van der Waals surface area (Å²) in [7, 11) is 0. The summed E-state index contributed by atoms with van der Waals surface area (Å²) in [5.41, 5.74) is -0.605. The van der Waals surface area contributed by atoms with Gasteiger partial charge >= 0.3 is 6.09 Å². The molecule has 0 aromatic heterocycles. The zero-order chi connectivity index (χ0) is 19.0. The summed E-state index contributed by atoms with van der Waals surface area (Å²) in [6, 6.07) is 0.0160. The van der Waals surface area contributed by atoms with E-state index in [0.29, 0.717) is 25.9 Å². The summed E-state index contributed by atoms with van der Waals surface area (Å²) in [5.74, 6) is -0.313. The number of carbonyl (C=O) groups excluding carboxylic acids is 4. The van der Waals surface area contributed by atoms with Crippen LogP contribution in [0.5, 0.6) is 0 Å². The van der Waals surface area contributed by atoms with Gasteiger partial charge in [-0.2, -0.15) is 0 Å². The fraction of sp³-hybridized carbons (Fsp3) is 0.765. The smallest absolute Gasteiger partial charge is 0.408 e. The van der Waals surface area contributed by atoms with Crippen LogP contribution in [-0.4, -0.2) is 59.9 Å². The van der Waals surface area contributed by atoms with E-state index in [-0.39, 0.29) is 43.0 Å². The van der Waals surface area contributed by atoms with Gasteiger partial charge in [-0.15, -0.1) is 0 Å². The van der Waals surface area contributed by atoms with Crippen LogP contribution in [0.3, 0.4) is 0 Å². The predicted molar refractivity (Wildman–Crippen MR) is 91.9 cm³/mol. The van der Waals surface area contributed by atoms with Crippen molar-refractivity contribution in [2.45, 2.75) is 65.0 Å². The zero-order valence-corrected chi connectivity index (χ0v) is 15.5. The van der Waals surface area contributed by atoms with Crippen molar-refractivity contribution in [1.29, 1.82) is 0 Å². The molecule has 1 aliphatic heterocycles. The van der Waals surface area contributed by atoms with Gasteiger partial charge in [-0.25, -0.2) is 4.79 Å². The molecular formula is C17H29N3O5. The number of amides is 3. The minimum Gasteiger partial charge on any atom is -0.444 e. The van der Waals surface area contributed by atoms with Crippen LogP contribution in [0.1, 0.15) is 53.4 Å². The Morgan fingerprint density at radius 2 is 1.68 bits per heavy atom. The van der Waals surface area contributed by atoms with Crippen LogP contribution in [0.25, 0.3) is 0 Å². The number of ketones is 1. The van der Waals surface area contributed by atoms with Crippen LogP contribution in [0, 0.1) is 0 Å². The lowest BCUT2D eigenvalue weighted by Gasteiger charge is -2.32. The molecule has 8 nitrogen and oxygen atoms in total. The van der Waals surface area contributed by atoms with Gasteiger partial charge in [-0.1, -0.05) is 0 Å². The number of alkyl carbamates (subject to hydrolysis) is 1. The van der Waals surface area contributed by atoms with Gasteiger partial charge in [0, 0.05) is 32.0 Å². The molecule has 0 radical (unpaired) electrons. The molecule has 0 saturated carbocycles. The number of Topliss-reactive ketones (excluding diaryl/α,β-unsaturated/α-hetero) is 1. The number of piperidine rings is 1. The Morgan fingerprint density at radius 3 is 2.20 bits per heavy atom. The Balaban J connectivity index is 2.26. The highest BCUT2D eigenvalue weighted by Gasteiger charge is 2.24. The van der Waals surface area contributed by atoms with Gasteiger partial charge in [0.2, 0.25) is 11.8 Å². The predicted octanol–water partition coefficient (Wildman–Crippen LogP) is 0.988. The maximum Gasteiger partial charge on any atom is 0.408 e. The van der Waals surface area contributed by atoms with Gasteiger partial charge in [0.15, 0.2) is 0 Å².